The summed E-state index contributed by atoms with van der Waals surface area (Å²) in [6.45, 7) is 7.85. The van der Waals surface area contributed by atoms with E-state index >= 15 is 0 Å². The predicted molar refractivity (Wildman–Crippen MR) is 137 cm³/mol. The van der Waals surface area contributed by atoms with E-state index in [0.29, 0.717) is 43.5 Å². The Morgan fingerprint density at radius 2 is 2.11 bits per heavy atom. The topological polar surface area (TPSA) is 121 Å². The Morgan fingerprint density at radius 3 is 2.86 bits per heavy atom. The molecule has 1 aromatic carbocycles. The van der Waals surface area contributed by atoms with E-state index in [4.69, 9.17) is 10.5 Å². The van der Waals surface area contributed by atoms with Crippen molar-refractivity contribution in [3.05, 3.63) is 71.0 Å². The first kappa shape index (κ1) is 22.8. The van der Waals surface area contributed by atoms with Crippen molar-refractivity contribution in [3.63, 3.8) is 0 Å². The lowest BCUT2D eigenvalue weighted by atomic mass is 9.96. The summed E-state index contributed by atoms with van der Waals surface area (Å²) in [7, 11) is 0. The highest BCUT2D eigenvalue weighted by molar-refractivity contribution is 5.85. The van der Waals surface area contributed by atoms with E-state index in [1.165, 1.54) is 0 Å². The van der Waals surface area contributed by atoms with Gasteiger partial charge in [0.1, 0.15) is 5.65 Å². The maximum atomic E-state index is 13.6. The molecule has 0 bridgehead atoms. The number of ether oxygens (including phenoxy) is 1. The molecule has 1 saturated heterocycles. The van der Waals surface area contributed by atoms with E-state index < -0.39 is 0 Å². The minimum Gasteiger partial charge on any atom is -0.379 e. The summed E-state index contributed by atoms with van der Waals surface area (Å²) in [5.74, 6) is 0.473. The molecule has 3 N–H and O–H groups in total. The van der Waals surface area contributed by atoms with Gasteiger partial charge in [-0.1, -0.05) is 24.8 Å². The first-order valence-electron chi connectivity index (χ1n) is 11.6. The number of anilines is 1. The van der Waals surface area contributed by atoms with Crippen molar-refractivity contribution in [2.75, 3.05) is 25.1 Å². The third kappa shape index (κ3) is 4.55. The van der Waals surface area contributed by atoms with E-state index in [1.54, 1.807) is 29.2 Å². The minimum absolute atomic E-state index is 0.160. The van der Waals surface area contributed by atoms with Gasteiger partial charge in [-0.15, -0.1) is 0 Å². The van der Waals surface area contributed by atoms with Crippen LogP contribution in [-0.4, -0.2) is 50.3 Å². The quantitative estimate of drug-likeness (QED) is 0.424. The number of aromatic nitrogens is 5. The Morgan fingerprint density at radius 1 is 1.23 bits per heavy atom. The van der Waals surface area contributed by atoms with Crippen LogP contribution in [0, 0.1) is 6.92 Å². The van der Waals surface area contributed by atoms with E-state index in [-0.39, 0.29) is 11.6 Å². The summed E-state index contributed by atoms with van der Waals surface area (Å²) in [5.41, 5.74) is 10.9. The monoisotopic (exact) mass is 469 g/mol. The number of nitrogens with zero attached hydrogens (tertiary/aromatic N) is 5. The fourth-order valence-electron chi connectivity index (χ4n) is 4.33. The molecule has 1 aliphatic heterocycles. The number of pyridine rings is 1. The molecular weight excluding hydrogens is 442 g/mol. The number of nitrogens with one attached hydrogen (secondary N) is 1. The second-order valence-corrected chi connectivity index (χ2v) is 8.53. The van der Waals surface area contributed by atoms with Crippen LogP contribution in [0.2, 0.25) is 0 Å². The fraction of sp³-hybridized carbons (Fsp3) is 0.269. The molecule has 0 saturated carbocycles. The normalized spacial score (nSPS) is 15.4. The molecule has 0 amide bonds. The van der Waals surface area contributed by atoms with Crippen LogP contribution >= 0.6 is 0 Å². The van der Waals surface area contributed by atoms with Crippen molar-refractivity contribution in [2.45, 2.75) is 25.9 Å². The highest BCUT2D eigenvalue weighted by Gasteiger charge is 2.19. The van der Waals surface area contributed by atoms with Crippen LogP contribution in [-0.2, 0) is 11.3 Å². The second-order valence-electron chi connectivity index (χ2n) is 8.53. The van der Waals surface area contributed by atoms with Gasteiger partial charge in [-0.3, -0.25) is 14.3 Å². The summed E-state index contributed by atoms with van der Waals surface area (Å²) < 4.78 is 7.04. The molecule has 4 heterocycles. The van der Waals surface area contributed by atoms with Gasteiger partial charge in [0.05, 0.1) is 30.2 Å². The predicted octanol–water partition coefficient (Wildman–Crippen LogP) is 3.03. The van der Waals surface area contributed by atoms with Crippen LogP contribution in [0.25, 0.3) is 39.5 Å². The molecule has 0 aliphatic carbocycles. The molecule has 4 aromatic rings. The minimum atomic E-state index is -0.164. The summed E-state index contributed by atoms with van der Waals surface area (Å²) >= 11 is 0. The van der Waals surface area contributed by atoms with Gasteiger partial charge in [-0.25, -0.2) is 9.97 Å². The standard InChI is InChI=1S/C26H27N7O2/c1-3-17-10-18(23-14-28-12-16(2)30-23)4-5-21(17)22-11-19-13-29-26(31-20-6-9-35-15-20)32-24(19)33(8-7-27)25(22)34/h3-5,10-14,20H,1,6-9,15,27H2,2H3,(H,29,31,32). The van der Waals surface area contributed by atoms with E-state index in [1.807, 2.05) is 31.2 Å². The number of nitrogens with two attached hydrogens (primary N) is 1. The Hall–Kier alpha value is -3.95. The number of fused-ring (bicyclic) bond motifs is 1. The van der Waals surface area contributed by atoms with Crippen LogP contribution in [0.1, 0.15) is 17.7 Å². The lowest BCUT2D eigenvalue weighted by Gasteiger charge is -2.15. The summed E-state index contributed by atoms with van der Waals surface area (Å²) in [4.78, 5) is 31.6. The average Bonchev–Trinajstić information content (AvgIpc) is 3.38. The van der Waals surface area contributed by atoms with Crippen LogP contribution in [0.15, 0.2) is 54.2 Å². The van der Waals surface area contributed by atoms with E-state index in [0.717, 1.165) is 39.9 Å². The van der Waals surface area contributed by atoms with Crippen molar-refractivity contribution in [2.24, 2.45) is 5.73 Å². The van der Waals surface area contributed by atoms with Gasteiger partial charge in [0, 0.05) is 48.6 Å². The first-order valence-corrected chi connectivity index (χ1v) is 11.6. The lowest BCUT2D eigenvalue weighted by Crippen LogP contribution is -2.27. The maximum Gasteiger partial charge on any atom is 0.260 e. The fourth-order valence-corrected chi connectivity index (χ4v) is 4.33. The Balaban J connectivity index is 1.61. The summed E-state index contributed by atoms with van der Waals surface area (Å²) in [6, 6.07) is 7.82. The molecule has 5 rings (SSSR count). The highest BCUT2D eigenvalue weighted by Crippen LogP contribution is 2.29. The molecule has 0 spiro atoms. The van der Waals surface area contributed by atoms with E-state index in [9.17, 15) is 4.79 Å². The highest BCUT2D eigenvalue weighted by atomic mass is 16.5. The average molecular weight is 470 g/mol. The van der Waals surface area contributed by atoms with E-state index in [2.05, 4.69) is 31.8 Å². The smallest absolute Gasteiger partial charge is 0.260 e. The zero-order chi connectivity index (χ0) is 24.4. The Kier molecular flexibility index (Phi) is 6.35. The second kappa shape index (κ2) is 9.73. The molecule has 0 radical (unpaired) electrons. The number of hydrogen-bond acceptors (Lipinski definition) is 8. The van der Waals surface area contributed by atoms with Gasteiger partial charge in [0.25, 0.3) is 5.56 Å². The molecule has 178 valence electrons. The molecule has 1 aliphatic rings. The molecule has 1 atom stereocenters. The van der Waals surface area contributed by atoms with Crippen molar-refractivity contribution in [3.8, 4) is 22.4 Å². The van der Waals surface area contributed by atoms with Gasteiger partial charge in [-0.2, -0.15) is 4.98 Å². The number of rotatable bonds is 7. The zero-order valence-corrected chi connectivity index (χ0v) is 19.6. The van der Waals surface area contributed by atoms with Crippen LogP contribution in [0.3, 0.4) is 0 Å². The number of hydrogen-bond donors (Lipinski definition) is 2. The van der Waals surface area contributed by atoms with Crippen LogP contribution < -0.4 is 16.6 Å². The SMILES string of the molecule is C=Cc1cc(-c2cncc(C)n2)ccc1-c1cc2cnc(NC3CCOC3)nc2n(CCN)c1=O. The van der Waals surface area contributed by atoms with Crippen LogP contribution in [0.4, 0.5) is 5.95 Å². The van der Waals surface area contributed by atoms with Crippen molar-refractivity contribution >= 4 is 23.1 Å². The lowest BCUT2D eigenvalue weighted by molar-refractivity contribution is 0.195. The molecule has 9 heteroatoms. The molecular formula is C26H27N7O2. The van der Waals surface area contributed by atoms with Crippen molar-refractivity contribution < 1.29 is 4.74 Å². The summed E-state index contributed by atoms with van der Waals surface area (Å²) in [6.07, 6.45) is 7.81. The maximum absolute atomic E-state index is 13.6. The third-order valence-electron chi connectivity index (χ3n) is 6.06. The number of aryl methyl sites for hydroxylation is 1. The van der Waals surface area contributed by atoms with Gasteiger partial charge < -0.3 is 15.8 Å². The summed E-state index contributed by atoms with van der Waals surface area (Å²) in [5, 5.41) is 4.05. The van der Waals surface area contributed by atoms with Crippen molar-refractivity contribution in [1.29, 1.82) is 0 Å². The molecule has 1 unspecified atom stereocenters. The zero-order valence-electron chi connectivity index (χ0n) is 19.6. The van der Waals surface area contributed by atoms with Gasteiger partial charge in [0.2, 0.25) is 5.95 Å². The molecule has 1 fully saturated rings. The number of benzene rings is 1. The Bertz CT molecular complexity index is 1460. The largest absolute Gasteiger partial charge is 0.379 e. The molecule has 9 nitrogen and oxygen atoms in total. The van der Waals surface area contributed by atoms with Crippen molar-refractivity contribution in [1.82, 2.24) is 24.5 Å². The Labute approximate surface area is 202 Å². The van der Waals surface area contributed by atoms with Gasteiger partial charge >= 0.3 is 0 Å². The van der Waals surface area contributed by atoms with Crippen LogP contribution in [0.5, 0.6) is 0 Å². The van der Waals surface area contributed by atoms with Gasteiger partial charge in [-0.05, 0) is 36.6 Å². The third-order valence-corrected chi connectivity index (χ3v) is 6.06. The van der Waals surface area contributed by atoms with Gasteiger partial charge in [0.15, 0.2) is 0 Å². The molecule has 35 heavy (non-hydrogen) atoms. The molecule has 3 aromatic heterocycles. The first-order chi connectivity index (χ1) is 17.1.